The van der Waals surface area contributed by atoms with Gasteiger partial charge in [0.05, 0.1) is 30.1 Å². The Kier molecular flexibility index (Phi) is 6.50. The van der Waals surface area contributed by atoms with Crippen LogP contribution in [-0.2, 0) is 11.3 Å². The van der Waals surface area contributed by atoms with Crippen LogP contribution in [0.15, 0.2) is 30.9 Å². The third-order valence-electron chi connectivity index (χ3n) is 4.23. The monoisotopic (exact) mass is 429 g/mol. The Balaban J connectivity index is 0.00000240. The number of pyridine rings is 1. The van der Waals surface area contributed by atoms with Crippen LogP contribution in [-0.4, -0.2) is 63.3 Å². The fourth-order valence-corrected chi connectivity index (χ4v) is 2.97. The van der Waals surface area contributed by atoms with Crippen molar-refractivity contribution in [3.8, 4) is 11.3 Å². The quantitative estimate of drug-likeness (QED) is 0.643. The fraction of sp³-hybridized carbons (Fsp3) is 0.412. The molecule has 1 aliphatic heterocycles. The average molecular weight is 430 g/mol. The summed E-state index contributed by atoms with van der Waals surface area (Å²) in [6, 6.07) is 1.68. The number of morpholine rings is 1. The molecule has 0 radical (unpaired) electrons. The van der Waals surface area contributed by atoms with E-state index in [9.17, 15) is 13.2 Å². The van der Waals surface area contributed by atoms with Gasteiger partial charge in [0.25, 0.3) is 0 Å². The van der Waals surface area contributed by atoms with E-state index in [0.29, 0.717) is 41.3 Å². The van der Waals surface area contributed by atoms with Crippen molar-refractivity contribution in [3.05, 3.63) is 30.9 Å². The maximum atomic E-state index is 12.6. The van der Waals surface area contributed by atoms with Crippen LogP contribution >= 0.6 is 12.4 Å². The Morgan fingerprint density at radius 3 is 2.86 bits per heavy atom. The molecular formula is C17H19ClF3N7O. The highest BCUT2D eigenvalue weighted by Crippen LogP contribution is 2.26. The van der Waals surface area contributed by atoms with E-state index in [1.807, 2.05) is 0 Å². The Bertz CT molecular complexity index is 960. The highest BCUT2D eigenvalue weighted by atomic mass is 35.5. The highest BCUT2D eigenvalue weighted by molar-refractivity contribution is 5.88. The summed E-state index contributed by atoms with van der Waals surface area (Å²) < 4.78 is 44.3. The Morgan fingerprint density at radius 1 is 1.28 bits per heavy atom. The van der Waals surface area contributed by atoms with Crippen molar-refractivity contribution in [2.24, 2.45) is 0 Å². The van der Waals surface area contributed by atoms with Crippen molar-refractivity contribution >= 4 is 29.3 Å². The standard InChI is InChI=1S/C17H18F3N7O.ClH/c18-17(19,20)10-27-9-11(6-25-27)13-5-14-15(23-2-1-22-14)16(26-13)24-8-12-7-21-3-4-28-12;/h1-2,5-6,9,12,21H,3-4,7-8,10H2,(H,24,26);1H/t12-;/m0./s1. The summed E-state index contributed by atoms with van der Waals surface area (Å²) in [6.07, 6.45) is 1.43. The maximum Gasteiger partial charge on any atom is 0.408 e. The first-order valence-electron chi connectivity index (χ1n) is 8.75. The molecule has 0 spiro atoms. The minimum Gasteiger partial charge on any atom is -0.374 e. The summed E-state index contributed by atoms with van der Waals surface area (Å²) >= 11 is 0. The van der Waals surface area contributed by atoms with Crippen LogP contribution in [0.2, 0.25) is 0 Å². The number of rotatable bonds is 5. The van der Waals surface area contributed by atoms with Crippen molar-refractivity contribution in [1.82, 2.24) is 30.0 Å². The second kappa shape index (κ2) is 8.89. The average Bonchev–Trinajstić information content (AvgIpc) is 3.13. The summed E-state index contributed by atoms with van der Waals surface area (Å²) in [4.78, 5) is 13.2. The molecule has 4 rings (SSSR count). The molecule has 1 saturated heterocycles. The Hall–Kier alpha value is -2.50. The van der Waals surface area contributed by atoms with Crippen LogP contribution in [0.25, 0.3) is 22.3 Å². The molecule has 1 atom stereocenters. The van der Waals surface area contributed by atoms with E-state index >= 15 is 0 Å². The molecule has 0 unspecified atom stereocenters. The van der Waals surface area contributed by atoms with Crippen molar-refractivity contribution in [2.45, 2.75) is 18.8 Å². The molecule has 0 aliphatic carbocycles. The van der Waals surface area contributed by atoms with Gasteiger partial charge in [0.1, 0.15) is 12.1 Å². The smallest absolute Gasteiger partial charge is 0.374 e. The molecule has 3 aromatic rings. The minimum atomic E-state index is -4.34. The van der Waals surface area contributed by atoms with Crippen LogP contribution in [0, 0.1) is 0 Å². The molecular weight excluding hydrogens is 411 g/mol. The van der Waals surface area contributed by atoms with Gasteiger partial charge in [-0.1, -0.05) is 0 Å². The summed E-state index contributed by atoms with van der Waals surface area (Å²) in [5.41, 5.74) is 2.10. The number of aromatic nitrogens is 5. The molecule has 12 heteroatoms. The lowest BCUT2D eigenvalue weighted by Gasteiger charge is -2.24. The van der Waals surface area contributed by atoms with Gasteiger partial charge >= 0.3 is 6.18 Å². The predicted molar refractivity (Wildman–Crippen MR) is 103 cm³/mol. The molecule has 1 aliphatic rings. The molecule has 0 amide bonds. The fourth-order valence-electron chi connectivity index (χ4n) is 2.97. The Labute approximate surface area is 170 Å². The predicted octanol–water partition coefficient (Wildman–Crippen LogP) is 2.27. The lowest BCUT2D eigenvalue weighted by Crippen LogP contribution is -2.42. The summed E-state index contributed by atoms with van der Waals surface area (Å²) in [5, 5.41) is 10.3. The molecule has 0 aromatic carbocycles. The van der Waals surface area contributed by atoms with Crippen molar-refractivity contribution in [2.75, 3.05) is 31.6 Å². The normalized spacial score (nSPS) is 17.1. The third-order valence-corrected chi connectivity index (χ3v) is 4.23. The second-order valence-electron chi connectivity index (χ2n) is 6.40. The Morgan fingerprint density at radius 2 is 2.10 bits per heavy atom. The van der Waals surface area contributed by atoms with Gasteiger partial charge in [-0.25, -0.2) is 9.97 Å². The number of anilines is 1. The van der Waals surface area contributed by atoms with E-state index in [1.54, 1.807) is 18.5 Å². The molecule has 2 N–H and O–H groups in total. The van der Waals surface area contributed by atoms with Crippen LogP contribution < -0.4 is 10.6 Å². The van der Waals surface area contributed by atoms with Gasteiger partial charge in [-0.3, -0.25) is 9.67 Å². The zero-order chi connectivity index (χ0) is 19.6. The number of nitrogens with one attached hydrogen (secondary N) is 2. The molecule has 29 heavy (non-hydrogen) atoms. The van der Waals surface area contributed by atoms with Crippen molar-refractivity contribution < 1.29 is 17.9 Å². The van der Waals surface area contributed by atoms with Crippen LogP contribution in [0.3, 0.4) is 0 Å². The van der Waals surface area contributed by atoms with Gasteiger partial charge in [0.2, 0.25) is 0 Å². The summed E-state index contributed by atoms with van der Waals surface area (Å²) in [7, 11) is 0. The number of nitrogens with zero attached hydrogens (tertiary/aromatic N) is 5. The first kappa shape index (κ1) is 21.2. The van der Waals surface area contributed by atoms with E-state index in [4.69, 9.17) is 4.74 Å². The first-order valence-corrected chi connectivity index (χ1v) is 8.75. The molecule has 3 aromatic heterocycles. The van der Waals surface area contributed by atoms with E-state index in [2.05, 4.69) is 30.7 Å². The lowest BCUT2D eigenvalue weighted by atomic mass is 10.2. The number of fused-ring (bicyclic) bond motifs is 1. The third kappa shape index (κ3) is 5.31. The molecule has 156 valence electrons. The van der Waals surface area contributed by atoms with E-state index in [0.717, 1.165) is 17.8 Å². The van der Waals surface area contributed by atoms with Gasteiger partial charge in [-0.15, -0.1) is 12.4 Å². The van der Waals surface area contributed by atoms with Crippen LogP contribution in [0.5, 0.6) is 0 Å². The van der Waals surface area contributed by atoms with E-state index < -0.39 is 12.7 Å². The minimum absolute atomic E-state index is 0. The van der Waals surface area contributed by atoms with Gasteiger partial charge in [0, 0.05) is 43.8 Å². The SMILES string of the molecule is Cl.FC(F)(F)Cn1cc(-c2cc3nccnc3c(NC[C@@H]3CNCCO3)n2)cn1. The van der Waals surface area contributed by atoms with Gasteiger partial charge in [-0.05, 0) is 6.07 Å². The zero-order valence-corrected chi connectivity index (χ0v) is 16.0. The molecule has 1 fully saturated rings. The summed E-state index contributed by atoms with van der Waals surface area (Å²) in [6.45, 7) is 1.54. The van der Waals surface area contributed by atoms with Crippen molar-refractivity contribution in [3.63, 3.8) is 0 Å². The molecule has 4 heterocycles. The van der Waals surface area contributed by atoms with Crippen LogP contribution in [0.4, 0.5) is 19.0 Å². The number of ether oxygens (including phenoxy) is 1. The van der Waals surface area contributed by atoms with Crippen LogP contribution in [0.1, 0.15) is 0 Å². The zero-order valence-electron chi connectivity index (χ0n) is 15.2. The van der Waals surface area contributed by atoms with E-state index in [1.165, 1.54) is 12.4 Å². The lowest BCUT2D eigenvalue weighted by molar-refractivity contribution is -0.142. The number of hydrogen-bond donors (Lipinski definition) is 2. The maximum absolute atomic E-state index is 12.6. The highest BCUT2D eigenvalue weighted by Gasteiger charge is 2.28. The first-order chi connectivity index (χ1) is 13.5. The largest absolute Gasteiger partial charge is 0.408 e. The molecule has 0 bridgehead atoms. The van der Waals surface area contributed by atoms with Crippen molar-refractivity contribution in [1.29, 1.82) is 0 Å². The van der Waals surface area contributed by atoms with E-state index in [-0.39, 0.29) is 18.5 Å². The van der Waals surface area contributed by atoms with Gasteiger partial charge in [0.15, 0.2) is 5.82 Å². The number of alkyl halides is 3. The van der Waals surface area contributed by atoms with Gasteiger partial charge < -0.3 is 15.4 Å². The number of halogens is 4. The molecule has 0 saturated carbocycles. The summed E-state index contributed by atoms with van der Waals surface area (Å²) in [5.74, 6) is 0.498. The topological polar surface area (TPSA) is 89.8 Å². The second-order valence-corrected chi connectivity index (χ2v) is 6.40. The van der Waals surface area contributed by atoms with Gasteiger partial charge in [-0.2, -0.15) is 18.3 Å². The number of hydrogen-bond acceptors (Lipinski definition) is 7. The molecule has 8 nitrogen and oxygen atoms in total.